The zero-order chi connectivity index (χ0) is 18.3. The van der Waals surface area contributed by atoms with Crippen LogP contribution < -0.4 is 5.32 Å². The van der Waals surface area contributed by atoms with Crippen molar-refractivity contribution in [1.29, 1.82) is 0 Å². The molecule has 0 amide bonds. The molecule has 0 aromatic heterocycles. The van der Waals surface area contributed by atoms with E-state index < -0.39 is 13.4 Å². The minimum atomic E-state index is -3.32. The molecule has 0 radical (unpaired) electrons. The fourth-order valence-corrected chi connectivity index (χ4v) is 4.57. The maximum atomic E-state index is 13.4. The van der Waals surface area contributed by atoms with Crippen LogP contribution in [0.5, 0.6) is 0 Å². The van der Waals surface area contributed by atoms with E-state index >= 15 is 0 Å². The average molecular weight is 361 g/mol. The lowest BCUT2D eigenvalue weighted by Crippen LogP contribution is -2.23. The Morgan fingerprint density at radius 3 is 1.84 bits per heavy atom. The van der Waals surface area contributed by atoms with Gasteiger partial charge >= 0.3 is 7.60 Å². The second kappa shape index (κ2) is 9.30. The number of nitrogens with one attached hydrogen (secondary N) is 1. The van der Waals surface area contributed by atoms with E-state index in [1.165, 1.54) is 5.56 Å². The van der Waals surface area contributed by atoms with Gasteiger partial charge in [-0.1, -0.05) is 59.7 Å². The highest BCUT2D eigenvalue weighted by Gasteiger charge is 2.36. The summed E-state index contributed by atoms with van der Waals surface area (Å²) >= 11 is 0. The molecule has 1 unspecified atom stereocenters. The second-order valence-electron chi connectivity index (χ2n) is 6.06. The van der Waals surface area contributed by atoms with Crippen molar-refractivity contribution in [3.63, 3.8) is 0 Å². The predicted octanol–water partition coefficient (Wildman–Crippen LogP) is 5.36. The summed E-state index contributed by atoms with van der Waals surface area (Å²) in [5.41, 5.74) is 4.40. The van der Waals surface area contributed by atoms with Gasteiger partial charge in [0.2, 0.25) is 0 Å². The zero-order valence-corrected chi connectivity index (χ0v) is 16.4. The third kappa shape index (κ3) is 5.52. The van der Waals surface area contributed by atoms with E-state index in [0.29, 0.717) is 19.8 Å². The maximum Gasteiger partial charge on any atom is 0.351 e. The zero-order valence-electron chi connectivity index (χ0n) is 15.5. The highest BCUT2D eigenvalue weighted by molar-refractivity contribution is 7.54. The van der Waals surface area contributed by atoms with Gasteiger partial charge in [-0.2, -0.15) is 0 Å². The van der Waals surface area contributed by atoms with Crippen molar-refractivity contribution in [3.05, 3.63) is 70.8 Å². The molecule has 136 valence electrons. The molecule has 0 fully saturated rings. The molecule has 0 aliphatic rings. The van der Waals surface area contributed by atoms with Crippen molar-refractivity contribution >= 4 is 7.60 Å². The summed E-state index contributed by atoms with van der Waals surface area (Å²) in [5.74, 6) is -0.505. The molecule has 2 rings (SSSR count). The summed E-state index contributed by atoms with van der Waals surface area (Å²) in [5, 5.41) is 3.39. The number of hydrogen-bond donors (Lipinski definition) is 1. The highest BCUT2D eigenvalue weighted by atomic mass is 31.2. The quantitative estimate of drug-likeness (QED) is 0.611. The van der Waals surface area contributed by atoms with Gasteiger partial charge in [0, 0.05) is 6.54 Å². The van der Waals surface area contributed by atoms with Crippen LogP contribution in [0.4, 0.5) is 0 Å². The number of hydrogen-bond acceptors (Lipinski definition) is 4. The van der Waals surface area contributed by atoms with Gasteiger partial charge in [0.15, 0.2) is 0 Å². The van der Waals surface area contributed by atoms with Crippen LogP contribution in [0, 0.1) is 13.8 Å². The van der Waals surface area contributed by atoms with Gasteiger partial charge in [0.05, 0.1) is 13.2 Å². The standard InChI is InChI=1S/C20H28NO3P/c1-5-23-25(22,24-6-2)20(19-13-9-17(4)10-14-19)21-15-18-11-7-16(3)8-12-18/h7-14,20-21H,5-6,15H2,1-4H3. The Hall–Kier alpha value is -1.45. The van der Waals surface area contributed by atoms with E-state index in [-0.39, 0.29) is 0 Å². The van der Waals surface area contributed by atoms with Gasteiger partial charge in [-0.15, -0.1) is 0 Å². The summed E-state index contributed by atoms with van der Waals surface area (Å²) in [6, 6.07) is 16.3. The third-order valence-corrected chi connectivity index (χ3v) is 6.30. The number of rotatable bonds is 9. The molecular formula is C20H28NO3P. The molecule has 1 N–H and O–H groups in total. The molecule has 2 aromatic carbocycles. The van der Waals surface area contributed by atoms with Crippen molar-refractivity contribution in [1.82, 2.24) is 5.32 Å². The summed E-state index contributed by atoms with van der Waals surface area (Å²) in [4.78, 5) is 0. The molecule has 0 aliphatic heterocycles. The lowest BCUT2D eigenvalue weighted by atomic mass is 10.1. The molecule has 0 saturated heterocycles. The smallest absolute Gasteiger partial charge is 0.308 e. The maximum absolute atomic E-state index is 13.4. The van der Waals surface area contributed by atoms with Crippen molar-refractivity contribution in [2.75, 3.05) is 13.2 Å². The second-order valence-corrected chi connectivity index (χ2v) is 8.17. The van der Waals surface area contributed by atoms with Crippen LogP contribution in [0.25, 0.3) is 0 Å². The van der Waals surface area contributed by atoms with Crippen molar-refractivity contribution < 1.29 is 13.6 Å². The Bertz CT molecular complexity index is 688. The molecule has 0 saturated carbocycles. The Morgan fingerprint density at radius 2 is 1.36 bits per heavy atom. The highest BCUT2D eigenvalue weighted by Crippen LogP contribution is 2.59. The van der Waals surface area contributed by atoms with Crippen LogP contribution >= 0.6 is 7.60 Å². The first-order valence-electron chi connectivity index (χ1n) is 8.72. The van der Waals surface area contributed by atoms with Gasteiger partial charge in [-0.05, 0) is 38.8 Å². The largest absolute Gasteiger partial charge is 0.351 e. The minimum Gasteiger partial charge on any atom is -0.308 e. The fourth-order valence-electron chi connectivity index (χ4n) is 2.63. The lowest BCUT2D eigenvalue weighted by Gasteiger charge is -2.27. The molecule has 5 heteroatoms. The van der Waals surface area contributed by atoms with Gasteiger partial charge in [-0.3, -0.25) is 9.88 Å². The van der Waals surface area contributed by atoms with Crippen LogP contribution in [-0.2, 0) is 20.2 Å². The van der Waals surface area contributed by atoms with E-state index in [1.54, 1.807) is 0 Å². The minimum absolute atomic E-state index is 0.339. The summed E-state index contributed by atoms with van der Waals surface area (Å²) in [6.07, 6.45) is 0. The third-order valence-electron chi connectivity index (χ3n) is 3.95. The van der Waals surface area contributed by atoms with E-state index in [4.69, 9.17) is 9.05 Å². The number of benzene rings is 2. The molecule has 0 aliphatic carbocycles. The monoisotopic (exact) mass is 361 g/mol. The summed E-state index contributed by atoms with van der Waals surface area (Å²) in [7, 11) is -3.32. The molecule has 0 spiro atoms. The van der Waals surface area contributed by atoms with Crippen LogP contribution in [0.15, 0.2) is 48.5 Å². The molecule has 4 nitrogen and oxygen atoms in total. The molecule has 25 heavy (non-hydrogen) atoms. The Labute approximate surface area is 151 Å². The van der Waals surface area contributed by atoms with E-state index in [1.807, 2.05) is 45.0 Å². The SMILES string of the molecule is CCOP(=O)(OCC)C(NCc1ccc(C)cc1)c1ccc(C)cc1. The van der Waals surface area contributed by atoms with Crippen molar-refractivity contribution in [2.24, 2.45) is 0 Å². The Morgan fingerprint density at radius 1 is 0.880 bits per heavy atom. The molecule has 0 heterocycles. The van der Waals surface area contributed by atoms with Crippen LogP contribution in [0.2, 0.25) is 0 Å². The van der Waals surface area contributed by atoms with Gasteiger partial charge in [0.1, 0.15) is 5.78 Å². The van der Waals surface area contributed by atoms with Crippen LogP contribution in [-0.4, -0.2) is 13.2 Å². The van der Waals surface area contributed by atoms with Crippen molar-refractivity contribution in [3.8, 4) is 0 Å². The van der Waals surface area contributed by atoms with Crippen LogP contribution in [0.1, 0.15) is 41.9 Å². The molecule has 1 atom stereocenters. The number of aryl methyl sites for hydroxylation is 2. The lowest BCUT2D eigenvalue weighted by molar-refractivity contribution is 0.207. The summed E-state index contributed by atoms with van der Waals surface area (Å²) in [6.45, 7) is 9.02. The average Bonchev–Trinajstić information content (AvgIpc) is 2.58. The normalized spacial score (nSPS) is 13.0. The van der Waals surface area contributed by atoms with E-state index in [2.05, 4.69) is 36.5 Å². The first-order chi connectivity index (χ1) is 12.0. The van der Waals surface area contributed by atoms with E-state index in [9.17, 15) is 4.57 Å². The van der Waals surface area contributed by atoms with Gasteiger partial charge in [0.25, 0.3) is 0 Å². The van der Waals surface area contributed by atoms with Gasteiger partial charge < -0.3 is 9.05 Å². The van der Waals surface area contributed by atoms with E-state index in [0.717, 1.165) is 16.7 Å². The Kier molecular flexibility index (Phi) is 7.39. The summed E-state index contributed by atoms with van der Waals surface area (Å²) < 4.78 is 24.6. The fraction of sp³-hybridized carbons (Fsp3) is 0.400. The first-order valence-corrected chi connectivity index (χ1v) is 10.3. The van der Waals surface area contributed by atoms with Crippen LogP contribution in [0.3, 0.4) is 0 Å². The molecule has 0 bridgehead atoms. The molecule has 2 aromatic rings. The van der Waals surface area contributed by atoms with Gasteiger partial charge in [-0.25, -0.2) is 0 Å². The topological polar surface area (TPSA) is 47.6 Å². The predicted molar refractivity (Wildman–Crippen MR) is 103 cm³/mol. The molecular weight excluding hydrogens is 333 g/mol. The van der Waals surface area contributed by atoms with Crippen molar-refractivity contribution in [2.45, 2.75) is 40.0 Å². The Balaban J connectivity index is 2.28. The first kappa shape index (κ1) is 19.9.